The number of hydrogen-bond donors (Lipinski definition) is 1. The van der Waals surface area contributed by atoms with Crippen molar-refractivity contribution in [3.05, 3.63) is 29.0 Å². The molecular weight excluding hydrogens is 217 g/mol. The molecule has 0 spiro atoms. The zero-order valence-electron chi connectivity index (χ0n) is 8.89. The average Bonchev–Trinajstić information content (AvgIpc) is 2.19. The highest BCUT2D eigenvalue weighted by molar-refractivity contribution is 6.32. The molecule has 0 radical (unpaired) electrons. The minimum Gasteiger partial charge on any atom is -0.489 e. The first-order chi connectivity index (χ1) is 7.13. The maximum Gasteiger partial charge on any atom is 0.138 e. The van der Waals surface area contributed by atoms with Crippen LogP contribution in [0.1, 0.15) is 13.3 Å². The Labute approximate surface area is 94.4 Å². The summed E-state index contributed by atoms with van der Waals surface area (Å²) < 4.78 is 18.3. The van der Waals surface area contributed by atoms with E-state index >= 15 is 0 Å². The van der Waals surface area contributed by atoms with E-state index in [1.165, 1.54) is 12.1 Å². The number of nitrogens with one attached hydrogen (secondary N) is 1. The van der Waals surface area contributed by atoms with E-state index in [9.17, 15) is 4.39 Å². The quantitative estimate of drug-likeness (QED) is 0.842. The van der Waals surface area contributed by atoms with Gasteiger partial charge in [-0.05, 0) is 45.1 Å². The van der Waals surface area contributed by atoms with Crippen molar-refractivity contribution in [2.24, 2.45) is 0 Å². The van der Waals surface area contributed by atoms with Gasteiger partial charge in [-0.2, -0.15) is 0 Å². The van der Waals surface area contributed by atoms with E-state index in [0.717, 1.165) is 13.0 Å². The largest absolute Gasteiger partial charge is 0.489 e. The van der Waals surface area contributed by atoms with Crippen LogP contribution in [0.3, 0.4) is 0 Å². The Morgan fingerprint density at radius 2 is 2.27 bits per heavy atom. The fourth-order valence-corrected chi connectivity index (χ4v) is 1.41. The van der Waals surface area contributed by atoms with Gasteiger partial charge < -0.3 is 10.1 Å². The molecule has 1 unspecified atom stereocenters. The lowest BCUT2D eigenvalue weighted by molar-refractivity contribution is 0.211. The molecule has 0 fully saturated rings. The maximum atomic E-state index is 12.7. The molecule has 0 heterocycles. The van der Waals surface area contributed by atoms with Gasteiger partial charge >= 0.3 is 0 Å². The second-order valence-corrected chi connectivity index (χ2v) is 3.80. The van der Waals surface area contributed by atoms with E-state index in [2.05, 4.69) is 5.32 Å². The van der Waals surface area contributed by atoms with Crippen molar-refractivity contribution < 1.29 is 9.13 Å². The third kappa shape index (κ3) is 4.06. The van der Waals surface area contributed by atoms with E-state index in [0.29, 0.717) is 10.8 Å². The molecule has 0 amide bonds. The van der Waals surface area contributed by atoms with E-state index in [4.69, 9.17) is 16.3 Å². The summed E-state index contributed by atoms with van der Waals surface area (Å²) in [6, 6.07) is 4.14. The standard InChI is InChI=1S/C11H15ClFNO/c1-8(5-6-14-2)15-11-4-3-9(13)7-10(11)12/h3-4,7-8,14H,5-6H2,1-2H3. The van der Waals surface area contributed by atoms with Crippen molar-refractivity contribution in [3.8, 4) is 5.75 Å². The van der Waals surface area contributed by atoms with Gasteiger partial charge in [-0.25, -0.2) is 4.39 Å². The number of hydrogen-bond acceptors (Lipinski definition) is 2. The minimum atomic E-state index is -0.352. The molecule has 15 heavy (non-hydrogen) atoms. The van der Waals surface area contributed by atoms with Crippen LogP contribution in [0, 0.1) is 5.82 Å². The zero-order valence-corrected chi connectivity index (χ0v) is 9.64. The molecule has 0 aliphatic carbocycles. The average molecular weight is 232 g/mol. The molecule has 1 aromatic carbocycles. The van der Waals surface area contributed by atoms with Gasteiger partial charge in [-0.1, -0.05) is 11.6 Å². The third-order valence-corrected chi connectivity index (χ3v) is 2.32. The molecule has 2 nitrogen and oxygen atoms in total. The van der Waals surface area contributed by atoms with Gasteiger partial charge in [0.05, 0.1) is 11.1 Å². The molecular formula is C11H15ClFNO. The molecule has 0 bridgehead atoms. The van der Waals surface area contributed by atoms with Crippen molar-refractivity contribution in [2.45, 2.75) is 19.4 Å². The zero-order chi connectivity index (χ0) is 11.3. The first-order valence-corrected chi connectivity index (χ1v) is 5.27. The summed E-state index contributed by atoms with van der Waals surface area (Å²) in [6.07, 6.45) is 0.935. The lowest BCUT2D eigenvalue weighted by Gasteiger charge is -2.15. The second kappa shape index (κ2) is 5.93. The molecule has 1 atom stereocenters. The summed E-state index contributed by atoms with van der Waals surface area (Å²) in [5, 5.41) is 3.35. The van der Waals surface area contributed by atoms with Crippen LogP contribution < -0.4 is 10.1 Å². The van der Waals surface area contributed by atoms with Gasteiger partial charge in [0.2, 0.25) is 0 Å². The van der Waals surface area contributed by atoms with E-state index < -0.39 is 0 Å². The van der Waals surface area contributed by atoms with Crippen molar-refractivity contribution >= 4 is 11.6 Å². The van der Waals surface area contributed by atoms with Crippen LogP contribution in [0.4, 0.5) is 4.39 Å². The topological polar surface area (TPSA) is 21.3 Å². The van der Waals surface area contributed by atoms with Crippen LogP contribution >= 0.6 is 11.6 Å². The fraction of sp³-hybridized carbons (Fsp3) is 0.455. The maximum absolute atomic E-state index is 12.7. The Bertz CT molecular complexity index is 319. The molecule has 1 rings (SSSR count). The fourth-order valence-electron chi connectivity index (χ4n) is 1.19. The van der Waals surface area contributed by atoms with Crippen LogP contribution in [-0.2, 0) is 0 Å². The summed E-state index contributed by atoms with van der Waals surface area (Å²) >= 11 is 5.83. The Kier molecular flexibility index (Phi) is 4.85. The molecule has 0 aromatic heterocycles. The monoisotopic (exact) mass is 231 g/mol. The Balaban J connectivity index is 2.56. The van der Waals surface area contributed by atoms with Crippen LogP contribution in [0.25, 0.3) is 0 Å². The van der Waals surface area contributed by atoms with E-state index in [1.807, 2.05) is 14.0 Å². The molecule has 0 saturated heterocycles. The molecule has 1 N–H and O–H groups in total. The lowest BCUT2D eigenvalue weighted by Crippen LogP contribution is -2.19. The van der Waals surface area contributed by atoms with Crippen LogP contribution in [0.5, 0.6) is 5.75 Å². The predicted octanol–water partition coefficient (Wildman–Crippen LogP) is 2.86. The lowest BCUT2D eigenvalue weighted by atomic mass is 10.2. The predicted molar refractivity (Wildman–Crippen MR) is 60.0 cm³/mol. The number of benzene rings is 1. The van der Waals surface area contributed by atoms with E-state index in [-0.39, 0.29) is 11.9 Å². The summed E-state index contributed by atoms with van der Waals surface area (Å²) in [4.78, 5) is 0. The Morgan fingerprint density at radius 3 is 2.87 bits per heavy atom. The summed E-state index contributed by atoms with van der Waals surface area (Å²) in [5.74, 6) is 0.178. The molecule has 1 aromatic rings. The van der Waals surface area contributed by atoms with Gasteiger partial charge in [0.1, 0.15) is 11.6 Å². The van der Waals surface area contributed by atoms with Gasteiger partial charge in [0.25, 0.3) is 0 Å². The van der Waals surface area contributed by atoms with Crippen molar-refractivity contribution in [1.29, 1.82) is 0 Å². The highest BCUT2D eigenvalue weighted by Gasteiger charge is 2.07. The number of ether oxygens (including phenoxy) is 1. The minimum absolute atomic E-state index is 0.0559. The summed E-state index contributed by atoms with van der Waals surface area (Å²) in [7, 11) is 1.89. The SMILES string of the molecule is CNCCC(C)Oc1ccc(F)cc1Cl. The number of rotatable bonds is 5. The van der Waals surface area contributed by atoms with Gasteiger partial charge in [-0.3, -0.25) is 0 Å². The molecule has 0 aliphatic heterocycles. The van der Waals surface area contributed by atoms with Crippen molar-refractivity contribution in [3.63, 3.8) is 0 Å². The smallest absolute Gasteiger partial charge is 0.138 e. The third-order valence-electron chi connectivity index (χ3n) is 2.02. The molecule has 0 aliphatic rings. The van der Waals surface area contributed by atoms with Gasteiger partial charge in [-0.15, -0.1) is 0 Å². The van der Waals surface area contributed by atoms with Crippen LogP contribution in [0.15, 0.2) is 18.2 Å². The Hall–Kier alpha value is -0.800. The van der Waals surface area contributed by atoms with Crippen molar-refractivity contribution in [2.75, 3.05) is 13.6 Å². The van der Waals surface area contributed by atoms with E-state index in [1.54, 1.807) is 6.07 Å². The van der Waals surface area contributed by atoms with Crippen LogP contribution in [-0.4, -0.2) is 19.7 Å². The Morgan fingerprint density at radius 1 is 1.53 bits per heavy atom. The molecule has 4 heteroatoms. The highest BCUT2D eigenvalue weighted by Crippen LogP contribution is 2.26. The van der Waals surface area contributed by atoms with Crippen molar-refractivity contribution in [1.82, 2.24) is 5.32 Å². The van der Waals surface area contributed by atoms with Gasteiger partial charge in [0, 0.05) is 0 Å². The first kappa shape index (κ1) is 12.3. The molecule has 84 valence electrons. The van der Waals surface area contributed by atoms with Crippen LogP contribution in [0.2, 0.25) is 5.02 Å². The first-order valence-electron chi connectivity index (χ1n) is 4.89. The summed E-state index contributed by atoms with van der Waals surface area (Å²) in [5.41, 5.74) is 0. The summed E-state index contributed by atoms with van der Waals surface area (Å²) in [6.45, 7) is 2.83. The molecule has 0 saturated carbocycles. The van der Waals surface area contributed by atoms with Gasteiger partial charge in [0.15, 0.2) is 0 Å². The normalized spacial score (nSPS) is 12.5. The highest BCUT2D eigenvalue weighted by atomic mass is 35.5. The number of halogens is 2. The second-order valence-electron chi connectivity index (χ2n) is 3.40.